The van der Waals surface area contributed by atoms with Gasteiger partial charge in [-0.05, 0) is 39.7 Å². The van der Waals surface area contributed by atoms with Gasteiger partial charge < -0.3 is 10.1 Å². The summed E-state index contributed by atoms with van der Waals surface area (Å²) >= 11 is 0. The summed E-state index contributed by atoms with van der Waals surface area (Å²) in [6.07, 6.45) is 6.46. The molecule has 0 aliphatic carbocycles. The molecule has 2 heterocycles. The minimum absolute atomic E-state index is 0.311. The van der Waals surface area contributed by atoms with Crippen molar-refractivity contribution in [2.45, 2.75) is 64.6 Å². The van der Waals surface area contributed by atoms with Crippen LogP contribution < -0.4 is 5.32 Å². The quantitative estimate of drug-likeness (QED) is 0.855. The highest BCUT2D eigenvalue weighted by Gasteiger charge is 2.25. The first kappa shape index (κ1) is 14.5. The molecule has 0 aromatic carbocycles. The van der Waals surface area contributed by atoms with Crippen LogP contribution in [0.3, 0.4) is 0 Å². The first-order chi connectivity index (χ1) is 9.22. The van der Waals surface area contributed by atoms with Crippen LogP contribution in [0.5, 0.6) is 0 Å². The van der Waals surface area contributed by atoms with Crippen LogP contribution in [0.2, 0.25) is 0 Å². The summed E-state index contributed by atoms with van der Waals surface area (Å²) in [5.41, 5.74) is 0. The van der Waals surface area contributed by atoms with E-state index in [1.807, 2.05) is 4.68 Å². The van der Waals surface area contributed by atoms with Gasteiger partial charge in [0.15, 0.2) is 0 Å². The van der Waals surface area contributed by atoms with Gasteiger partial charge in [0.25, 0.3) is 0 Å². The molecule has 1 fully saturated rings. The average Bonchev–Trinajstić information content (AvgIpc) is 2.88. The van der Waals surface area contributed by atoms with Crippen LogP contribution in [-0.4, -0.2) is 40.1 Å². The fraction of sp³-hybridized carbons (Fsp3) is 0.857. The molecule has 0 spiro atoms. The predicted molar refractivity (Wildman–Crippen MR) is 75.2 cm³/mol. The highest BCUT2D eigenvalue weighted by atomic mass is 16.5. The van der Waals surface area contributed by atoms with E-state index in [1.165, 1.54) is 12.8 Å². The lowest BCUT2D eigenvalue weighted by molar-refractivity contribution is -0.00771. The van der Waals surface area contributed by atoms with Crippen molar-refractivity contribution in [1.82, 2.24) is 20.1 Å². The van der Waals surface area contributed by atoms with Crippen LogP contribution in [0, 0.1) is 0 Å². The van der Waals surface area contributed by atoms with E-state index in [-0.39, 0.29) is 0 Å². The maximum Gasteiger partial charge on any atom is 0.138 e. The molecular weight excluding hydrogens is 240 g/mol. The zero-order chi connectivity index (χ0) is 13.7. The lowest BCUT2D eigenvalue weighted by Crippen LogP contribution is -2.45. The van der Waals surface area contributed by atoms with Crippen LogP contribution in [0.15, 0.2) is 6.33 Å². The Morgan fingerprint density at radius 2 is 2.32 bits per heavy atom. The van der Waals surface area contributed by atoms with E-state index in [4.69, 9.17) is 4.74 Å². The van der Waals surface area contributed by atoms with Gasteiger partial charge in [0.1, 0.15) is 12.2 Å². The summed E-state index contributed by atoms with van der Waals surface area (Å²) in [4.78, 5) is 4.41. The number of hydrogen-bond acceptors (Lipinski definition) is 4. The van der Waals surface area contributed by atoms with Crippen LogP contribution >= 0.6 is 0 Å². The monoisotopic (exact) mass is 266 g/mol. The number of hydrogen-bond donors (Lipinski definition) is 1. The largest absolute Gasteiger partial charge is 0.377 e. The molecule has 0 saturated carbocycles. The molecular formula is C14H26N4O. The van der Waals surface area contributed by atoms with Gasteiger partial charge in [0.2, 0.25) is 0 Å². The molecule has 108 valence electrons. The van der Waals surface area contributed by atoms with Gasteiger partial charge in [0.05, 0.1) is 6.10 Å². The molecule has 2 atom stereocenters. The third kappa shape index (κ3) is 3.76. The van der Waals surface area contributed by atoms with E-state index in [2.05, 4.69) is 36.2 Å². The minimum atomic E-state index is 0.311. The second kappa shape index (κ2) is 7.01. The van der Waals surface area contributed by atoms with Crippen molar-refractivity contribution in [3.8, 4) is 0 Å². The predicted octanol–water partition coefficient (Wildman–Crippen LogP) is 1.95. The second-order valence-corrected chi connectivity index (χ2v) is 5.49. The van der Waals surface area contributed by atoms with Crippen LogP contribution in [0.4, 0.5) is 0 Å². The average molecular weight is 266 g/mol. The topological polar surface area (TPSA) is 52.0 Å². The van der Waals surface area contributed by atoms with E-state index < -0.39 is 0 Å². The molecule has 1 aliphatic rings. The van der Waals surface area contributed by atoms with Crippen molar-refractivity contribution >= 4 is 0 Å². The molecule has 0 amide bonds. The summed E-state index contributed by atoms with van der Waals surface area (Å²) in [5, 5.41) is 7.86. The van der Waals surface area contributed by atoms with Gasteiger partial charge in [-0.15, -0.1) is 0 Å². The van der Waals surface area contributed by atoms with Crippen molar-refractivity contribution in [3.63, 3.8) is 0 Å². The molecule has 5 nitrogen and oxygen atoms in total. The molecule has 5 heteroatoms. The number of nitrogens with one attached hydrogen (secondary N) is 1. The Kier molecular flexibility index (Phi) is 5.34. The van der Waals surface area contributed by atoms with E-state index in [9.17, 15) is 0 Å². The minimum Gasteiger partial charge on any atom is -0.377 e. The van der Waals surface area contributed by atoms with Crippen molar-refractivity contribution in [2.75, 3.05) is 13.2 Å². The van der Waals surface area contributed by atoms with Gasteiger partial charge >= 0.3 is 0 Å². The molecule has 0 radical (unpaired) electrons. The lowest BCUT2D eigenvalue weighted by Gasteiger charge is -2.31. The third-order valence-electron chi connectivity index (χ3n) is 3.67. The Balaban J connectivity index is 2.04. The summed E-state index contributed by atoms with van der Waals surface area (Å²) in [7, 11) is 0. The van der Waals surface area contributed by atoms with Crippen LogP contribution in [0.25, 0.3) is 0 Å². The van der Waals surface area contributed by atoms with Gasteiger partial charge in [-0.2, -0.15) is 5.10 Å². The SMILES string of the molecule is CCNC(Cc1ncnn1C(C)C)C1CCCCO1. The third-order valence-corrected chi connectivity index (χ3v) is 3.67. The van der Waals surface area contributed by atoms with Gasteiger partial charge in [-0.1, -0.05) is 6.92 Å². The summed E-state index contributed by atoms with van der Waals surface area (Å²) in [6.45, 7) is 8.27. The summed E-state index contributed by atoms with van der Waals surface area (Å²) in [5.74, 6) is 1.05. The molecule has 2 rings (SSSR count). The van der Waals surface area contributed by atoms with Crippen molar-refractivity contribution in [3.05, 3.63) is 12.2 Å². The van der Waals surface area contributed by atoms with E-state index >= 15 is 0 Å². The Hall–Kier alpha value is -0.940. The smallest absolute Gasteiger partial charge is 0.138 e. The van der Waals surface area contributed by atoms with Gasteiger partial charge in [-0.3, -0.25) is 0 Å². The van der Waals surface area contributed by atoms with E-state index in [1.54, 1.807) is 6.33 Å². The molecule has 1 aromatic heterocycles. The Morgan fingerprint density at radius 3 is 2.95 bits per heavy atom. The van der Waals surface area contributed by atoms with Crippen LogP contribution in [0.1, 0.15) is 51.9 Å². The van der Waals surface area contributed by atoms with Crippen molar-refractivity contribution < 1.29 is 4.74 Å². The van der Waals surface area contributed by atoms with Crippen LogP contribution in [-0.2, 0) is 11.2 Å². The first-order valence-electron chi connectivity index (χ1n) is 7.45. The molecule has 1 aliphatic heterocycles. The molecule has 0 bridgehead atoms. The normalized spacial score (nSPS) is 21.8. The fourth-order valence-electron chi connectivity index (χ4n) is 2.73. The van der Waals surface area contributed by atoms with Gasteiger partial charge in [-0.25, -0.2) is 9.67 Å². The maximum absolute atomic E-state index is 5.92. The summed E-state index contributed by atoms with van der Waals surface area (Å²) in [6, 6.07) is 0.694. The molecule has 2 unspecified atom stereocenters. The first-order valence-corrected chi connectivity index (χ1v) is 7.45. The standard InChI is InChI=1S/C14H26N4O/c1-4-15-12(13-7-5-6-8-19-13)9-14-16-10-17-18(14)11(2)3/h10-13,15H,4-9H2,1-3H3. The molecule has 1 saturated heterocycles. The zero-order valence-electron chi connectivity index (χ0n) is 12.3. The highest BCUT2D eigenvalue weighted by Crippen LogP contribution is 2.19. The van der Waals surface area contributed by atoms with E-state index in [0.29, 0.717) is 18.2 Å². The fourth-order valence-corrected chi connectivity index (χ4v) is 2.73. The number of rotatable bonds is 6. The number of likely N-dealkylation sites (N-methyl/N-ethyl adjacent to an activating group) is 1. The number of aromatic nitrogens is 3. The number of ether oxygens (including phenoxy) is 1. The van der Waals surface area contributed by atoms with E-state index in [0.717, 1.165) is 31.8 Å². The Morgan fingerprint density at radius 1 is 1.47 bits per heavy atom. The van der Waals surface area contributed by atoms with Crippen molar-refractivity contribution in [2.24, 2.45) is 0 Å². The lowest BCUT2D eigenvalue weighted by atomic mass is 9.99. The molecule has 19 heavy (non-hydrogen) atoms. The Labute approximate surface area is 115 Å². The molecule has 1 aromatic rings. The maximum atomic E-state index is 5.92. The van der Waals surface area contributed by atoms with Gasteiger partial charge in [0, 0.05) is 25.1 Å². The summed E-state index contributed by atoms with van der Waals surface area (Å²) < 4.78 is 7.93. The zero-order valence-corrected chi connectivity index (χ0v) is 12.3. The van der Waals surface area contributed by atoms with Crippen molar-refractivity contribution in [1.29, 1.82) is 0 Å². The highest BCUT2D eigenvalue weighted by molar-refractivity contribution is 4.94. The molecule has 1 N–H and O–H groups in total. The Bertz CT molecular complexity index is 371. The number of nitrogens with zero attached hydrogens (tertiary/aromatic N) is 3. The second-order valence-electron chi connectivity index (χ2n) is 5.49.